The molecule has 5 nitrogen and oxygen atoms in total. The number of methoxy groups -OCH3 is 1. The maximum Gasteiger partial charge on any atom is 0.243 e. The van der Waals surface area contributed by atoms with E-state index in [1.165, 1.54) is 0 Å². The summed E-state index contributed by atoms with van der Waals surface area (Å²) in [5, 5.41) is 3.35. The van der Waals surface area contributed by atoms with Crippen molar-refractivity contribution in [2.24, 2.45) is 5.41 Å². The average Bonchev–Trinajstić information content (AvgIpc) is 3.10. The SMILES string of the molecule is COc1ccc(S(=O)(=O)N2CCC3(CCNC3)C2)cc1Br. The van der Waals surface area contributed by atoms with Crippen molar-refractivity contribution >= 4 is 26.0 Å². The van der Waals surface area contributed by atoms with Gasteiger partial charge in [0.2, 0.25) is 10.0 Å². The van der Waals surface area contributed by atoms with Gasteiger partial charge >= 0.3 is 0 Å². The summed E-state index contributed by atoms with van der Waals surface area (Å²) < 4.78 is 33.0. The quantitative estimate of drug-likeness (QED) is 0.876. The van der Waals surface area contributed by atoms with Crippen molar-refractivity contribution in [2.45, 2.75) is 17.7 Å². The van der Waals surface area contributed by atoms with Crippen LogP contribution in [-0.2, 0) is 10.0 Å². The van der Waals surface area contributed by atoms with Gasteiger partial charge < -0.3 is 10.1 Å². The molecule has 3 rings (SSSR count). The summed E-state index contributed by atoms with van der Waals surface area (Å²) in [4.78, 5) is 0.318. The second kappa shape index (κ2) is 5.53. The number of nitrogens with zero attached hydrogens (tertiary/aromatic N) is 1. The molecule has 0 bridgehead atoms. The molecule has 1 aromatic carbocycles. The summed E-state index contributed by atoms with van der Waals surface area (Å²) in [5.41, 5.74) is 0.136. The maximum atomic E-state index is 12.8. The number of sulfonamides is 1. The van der Waals surface area contributed by atoms with Gasteiger partial charge in [-0.3, -0.25) is 0 Å². The number of benzene rings is 1. The number of nitrogens with one attached hydrogen (secondary N) is 1. The molecule has 1 spiro atoms. The maximum absolute atomic E-state index is 12.8. The Morgan fingerprint density at radius 2 is 2.19 bits per heavy atom. The van der Waals surface area contributed by atoms with Crippen LogP contribution in [0.3, 0.4) is 0 Å². The van der Waals surface area contributed by atoms with Crippen LogP contribution in [0, 0.1) is 5.41 Å². The van der Waals surface area contributed by atoms with E-state index in [9.17, 15) is 8.42 Å². The van der Waals surface area contributed by atoms with Crippen LogP contribution in [0.5, 0.6) is 5.75 Å². The van der Waals surface area contributed by atoms with E-state index in [0.29, 0.717) is 28.2 Å². The number of hydrogen-bond acceptors (Lipinski definition) is 4. The Kier molecular flexibility index (Phi) is 4.02. The predicted molar refractivity (Wildman–Crippen MR) is 84.0 cm³/mol. The van der Waals surface area contributed by atoms with E-state index in [-0.39, 0.29) is 5.41 Å². The van der Waals surface area contributed by atoms with Crippen LogP contribution in [0.15, 0.2) is 27.6 Å². The molecule has 0 aliphatic carbocycles. The smallest absolute Gasteiger partial charge is 0.243 e. The molecule has 0 aromatic heterocycles. The van der Waals surface area contributed by atoms with E-state index >= 15 is 0 Å². The molecule has 7 heteroatoms. The van der Waals surface area contributed by atoms with E-state index in [0.717, 1.165) is 25.9 Å². The molecule has 0 radical (unpaired) electrons. The number of hydrogen-bond donors (Lipinski definition) is 1. The predicted octanol–water partition coefficient (Wildman–Crippen LogP) is 1.83. The molecule has 116 valence electrons. The van der Waals surface area contributed by atoms with Gasteiger partial charge in [0, 0.05) is 19.6 Å². The number of ether oxygens (including phenoxy) is 1. The van der Waals surface area contributed by atoms with Crippen LogP contribution in [0.25, 0.3) is 0 Å². The summed E-state index contributed by atoms with van der Waals surface area (Å²) in [5.74, 6) is 0.631. The lowest BCUT2D eigenvalue weighted by atomic mass is 9.87. The van der Waals surface area contributed by atoms with Crippen LogP contribution in [-0.4, -0.2) is 46.0 Å². The summed E-state index contributed by atoms with van der Waals surface area (Å²) in [7, 11) is -1.87. The van der Waals surface area contributed by atoms with E-state index in [4.69, 9.17) is 4.74 Å². The Morgan fingerprint density at radius 3 is 2.81 bits per heavy atom. The third-order valence-corrected chi connectivity index (χ3v) is 6.96. The largest absolute Gasteiger partial charge is 0.496 e. The van der Waals surface area contributed by atoms with Crippen LogP contribution in [0.4, 0.5) is 0 Å². The van der Waals surface area contributed by atoms with Crippen LogP contribution < -0.4 is 10.1 Å². The lowest BCUT2D eigenvalue weighted by Crippen LogP contribution is -2.33. The Labute approximate surface area is 133 Å². The third-order valence-electron chi connectivity index (χ3n) is 4.50. The zero-order valence-electron chi connectivity index (χ0n) is 11.9. The molecule has 1 atom stereocenters. The van der Waals surface area contributed by atoms with Gasteiger partial charge in [-0.1, -0.05) is 0 Å². The third kappa shape index (κ3) is 2.72. The first-order valence-electron chi connectivity index (χ1n) is 7.01. The van der Waals surface area contributed by atoms with Gasteiger partial charge in [0.05, 0.1) is 16.5 Å². The van der Waals surface area contributed by atoms with Gasteiger partial charge in [0.25, 0.3) is 0 Å². The van der Waals surface area contributed by atoms with Crippen molar-refractivity contribution in [2.75, 3.05) is 33.3 Å². The standard InChI is InChI=1S/C14H19BrN2O3S/c1-20-13-3-2-11(8-12(13)15)21(18,19)17-7-5-14(10-17)4-6-16-9-14/h2-3,8,16H,4-7,9-10H2,1H3. The Hall–Kier alpha value is -0.630. The Morgan fingerprint density at radius 1 is 1.38 bits per heavy atom. The van der Waals surface area contributed by atoms with E-state index in [1.54, 1.807) is 29.6 Å². The van der Waals surface area contributed by atoms with E-state index in [1.807, 2.05) is 0 Å². The minimum Gasteiger partial charge on any atom is -0.496 e. The minimum atomic E-state index is -3.43. The molecule has 1 aromatic rings. The van der Waals surface area contributed by atoms with Crippen molar-refractivity contribution in [3.05, 3.63) is 22.7 Å². The van der Waals surface area contributed by atoms with Gasteiger partial charge in [-0.25, -0.2) is 8.42 Å². The second-order valence-electron chi connectivity index (χ2n) is 5.81. The molecule has 0 saturated carbocycles. The average molecular weight is 375 g/mol. The zero-order chi connectivity index (χ0) is 15.1. The molecule has 2 fully saturated rings. The summed E-state index contributed by atoms with van der Waals surface area (Å²) in [6, 6.07) is 4.91. The summed E-state index contributed by atoms with van der Waals surface area (Å²) >= 11 is 3.35. The summed E-state index contributed by atoms with van der Waals surface area (Å²) in [6.07, 6.45) is 2.00. The normalized spacial score (nSPS) is 26.6. The fraction of sp³-hybridized carbons (Fsp3) is 0.571. The van der Waals surface area contributed by atoms with Crippen molar-refractivity contribution in [1.29, 1.82) is 0 Å². The topological polar surface area (TPSA) is 58.6 Å². The first-order chi connectivity index (χ1) is 9.97. The molecule has 1 N–H and O–H groups in total. The lowest BCUT2D eigenvalue weighted by molar-refractivity contribution is 0.338. The lowest BCUT2D eigenvalue weighted by Gasteiger charge is -2.22. The molecule has 0 amide bonds. The molecule has 2 saturated heterocycles. The molecular formula is C14H19BrN2O3S. The van der Waals surface area contributed by atoms with Crippen molar-refractivity contribution in [1.82, 2.24) is 9.62 Å². The second-order valence-corrected chi connectivity index (χ2v) is 8.60. The molecule has 1 unspecified atom stereocenters. The molecule has 2 heterocycles. The first-order valence-corrected chi connectivity index (χ1v) is 9.25. The molecule has 21 heavy (non-hydrogen) atoms. The van der Waals surface area contributed by atoms with Crippen LogP contribution in [0.2, 0.25) is 0 Å². The highest BCUT2D eigenvalue weighted by Crippen LogP contribution is 2.39. The van der Waals surface area contributed by atoms with Crippen LogP contribution in [0.1, 0.15) is 12.8 Å². The van der Waals surface area contributed by atoms with Crippen molar-refractivity contribution < 1.29 is 13.2 Å². The fourth-order valence-electron chi connectivity index (χ4n) is 3.20. The monoisotopic (exact) mass is 374 g/mol. The van der Waals surface area contributed by atoms with Gasteiger partial charge in [-0.15, -0.1) is 0 Å². The molecule has 2 aliphatic rings. The molecular weight excluding hydrogens is 356 g/mol. The molecule has 2 aliphatic heterocycles. The van der Waals surface area contributed by atoms with E-state index < -0.39 is 10.0 Å². The van der Waals surface area contributed by atoms with Gasteiger partial charge in [-0.2, -0.15) is 4.31 Å². The van der Waals surface area contributed by atoms with Gasteiger partial charge in [0.1, 0.15) is 5.75 Å². The Balaban J connectivity index is 1.86. The first kappa shape index (κ1) is 15.3. The highest BCUT2D eigenvalue weighted by molar-refractivity contribution is 9.10. The van der Waals surface area contributed by atoms with Crippen LogP contribution >= 0.6 is 15.9 Å². The number of halogens is 1. The van der Waals surface area contributed by atoms with Gasteiger partial charge in [-0.05, 0) is 58.9 Å². The number of rotatable bonds is 3. The van der Waals surface area contributed by atoms with E-state index in [2.05, 4.69) is 21.2 Å². The van der Waals surface area contributed by atoms with Crippen molar-refractivity contribution in [3.8, 4) is 5.75 Å². The van der Waals surface area contributed by atoms with Gasteiger partial charge in [0.15, 0.2) is 0 Å². The highest BCUT2D eigenvalue weighted by Gasteiger charge is 2.44. The Bertz CT molecular complexity index is 642. The summed E-state index contributed by atoms with van der Waals surface area (Å²) in [6.45, 7) is 3.13. The fourth-order valence-corrected chi connectivity index (χ4v) is 5.47. The zero-order valence-corrected chi connectivity index (χ0v) is 14.3. The van der Waals surface area contributed by atoms with Crippen molar-refractivity contribution in [3.63, 3.8) is 0 Å². The highest BCUT2D eigenvalue weighted by atomic mass is 79.9. The minimum absolute atomic E-state index is 0.136.